The van der Waals surface area contributed by atoms with E-state index in [1.165, 1.54) is 0 Å². The number of benzene rings is 2. The molecular weight excluding hydrogens is 290 g/mol. The topological polar surface area (TPSA) is 53.7 Å². The molecule has 4 nitrogen and oxygen atoms in total. The highest BCUT2D eigenvalue weighted by atomic mass is 16.5. The van der Waals surface area contributed by atoms with E-state index in [1.54, 1.807) is 7.11 Å². The van der Waals surface area contributed by atoms with E-state index in [9.17, 15) is 0 Å². The van der Waals surface area contributed by atoms with Crippen LogP contribution in [0.25, 0.3) is 0 Å². The molecule has 0 spiro atoms. The first-order valence-corrected chi connectivity index (χ1v) is 7.84. The van der Waals surface area contributed by atoms with Crippen molar-refractivity contribution in [3.63, 3.8) is 0 Å². The maximum absolute atomic E-state index is 6.29. The molecule has 2 atom stereocenters. The van der Waals surface area contributed by atoms with E-state index in [2.05, 4.69) is 0 Å². The van der Waals surface area contributed by atoms with Crippen LogP contribution in [0.4, 0.5) is 0 Å². The molecule has 0 fully saturated rings. The number of nitrogens with two attached hydrogens (primary N) is 1. The van der Waals surface area contributed by atoms with Gasteiger partial charge in [0.05, 0.1) is 6.61 Å². The molecule has 0 heterocycles. The quantitative estimate of drug-likeness (QED) is 0.811. The van der Waals surface area contributed by atoms with E-state index in [1.807, 2.05) is 68.4 Å². The van der Waals surface area contributed by atoms with Crippen molar-refractivity contribution in [1.82, 2.24) is 0 Å². The van der Waals surface area contributed by atoms with E-state index in [0.29, 0.717) is 13.2 Å². The zero-order valence-corrected chi connectivity index (χ0v) is 14.0. The molecule has 0 saturated carbocycles. The van der Waals surface area contributed by atoms with Crippen LogP contribution in [0.1, 0.15) is 19.4 Å². The molecule has 2 N–H and O–H groups in total. The maximum atomic E-state index is 6.29. The van der Waals surface area contributed by atoms with E-state index in [0.717, 1.165) is 17.1 Å². The molecule has 0 aliphatic carbocycles. The summed E-state index contributed by atoms with van der Waals surface area (Å²) in [5.41, 5.74) is 6.20. The predicted octanol–water partition coefficient (Wildman–Crippen LogP) is 3.35. The number of hydrogen-bond donors (Lipinski definition) is 1. The van der Waals surface area contributed by atoms with Crippen molar-refractivity contribution in [2.75, 3.05) is 20.3 Å². The maximum Gasteiger partial charge on any atom is 0.158 e. The highest BCUT2D eigenvalue weighted by Gasteiger charge is 2.38. The lowest BCUT2D eigenvalue weighted by molar-refractivity contribution is -0.0637. The first-order valence-electron chi connectivity index (χ1n) is 7.84. The minimum absolute atomic E-state index is 0.277. The summed E-state index contributed by atoms with van der Waals surface area (Å²) in [6.45, 7) is 4.95. The van der Waals surface area contributed by atoms with Crippen molar-refractivity contribution < 1.29 is 14.2 Å². The number of ether oxygens (including phenoxy) is 3. The minimum Gasteiger partial charge on any atom is -0.494 e. The van der Waals surface area contributed by atoms with Gasteiger partial charge in [0, 0.05) is 13.7 Å². The number of rotatable bonds is 8. The summed E-state index contributed by atoms with van der Waals surface area (Å²) in [4.78, 5) is 0. The average molecular weight is 315 g/mol. The molecule has 4 heteroatoms. The van der Waals surface area contributed by atoms with Gasteiger partial charge in [-0.25, -0.2) is 0 Å². The molecule has 0 radical (unpaired) electrons. The van der Waals surface area contributed by atoms with Gasteiger partial charge in [0.15, 0.2) is 5.60 Å². The van der Waals surface area contributed by atoms with E-state index < -0.39 is 5.60 Å². The van der Waals surface area contributed by atoms with Gasteiger partial charge in [-0.05, 0) is 43.7 Å². The van der Waals surface area contributed by atoms with Gasteiger partial charge in [-0.3, -0.25) is 0 Å². The standard InChI is InChI=1S/C19H25NO3/c1-4-22-16-12-10-15(11-13-16)19(2,18(14-20)21-3)23-17-8-6-5-7-9-17/h5-13,18H,4,14,20H2,1-3H3. The smallest absolute Gasteiger partial charge is 0.158 e. The van der Waals surface area contributed by atoms with Gasteiger partial charge in [-0.2, -0.15) is 0 Å². The Bertz CT molecular complexity index is 581. The Morgan fingerprint density at radius 2 is 1.65 bits per heavy atom. The number of para-hydroxylation sites is 1. The van der Waals surface area contributed by atoms with Crippen molar-refractivity contribution >= 4 is 0 Å². The molecule has 0 saturated heterocycles. The van der Waals surface area contributed by atoms with Crippen LogP contribution in [0.5, 0.6) is 11.5 Å². The average Bonchev–Trinajstić information content (AvgIpc) is 2.57. The summed E-state index contributed by atoms with van der Waals surface area (Å²) in [5.74, 6) is 1.61. The molecule has 2 aromatic carbocycles. The Balaban J connectivity index is 2.36. The normalized spacial score (nSPS) is 14.8. The van der Waals surface area contributed by atoms with Crippen molar-refractivity contribution in [2.45, 2.75) is 25.6 Å². The Morgan fingerprint density at radius 1 is 1.00 bits per heavy atom. The Morgan fingerprint density at radius 3 is 2.17 bits per heavy atom. The molecule has 23 heavy (non-hydrogen) atoms. The Kier molecular flexibility index (Phi) is 6.02. The van der Waals surface area contributed by atoms with Crippen molar-refractivity contribution in [2.24, 2.45) is 5.73 Å². The van der Waals surface area contributed by atoms with E-state index in [-0.39, 0.29) is 6.10 Å². The zero-order chi connectivity index (χ0) is 16.7. The molecular formula is C19H25NO3. The third-order valence-electron chi connectivity index (χ3n) is 3.92. The van der Waals surface area contributed by atoms with Crippen molar-refractivity contribution in [3.8, 4) is 11.5 Å². The molecule has 2 aromatic rings. The van der Waals surface area contributed by atoms with Gasteiger partial charge < -0.3 is 19.9 Å². The van der Waals surface area contributed by atoms with Gasteiger partial charge in [-0.15, -0.1) is 0 Å². The highest BCUT2D eigenvalue weighted by Crippen LogP contribution is 2.33. The fraction of sp³-hybridized carbons (Fsp3) is 0.368. The fourth-order valence-corrected chi connectivity index (χ4v) is 2.64. The third-order valence-corrected chi connectivity index (χ3v) is 3.92. The first kappa shape index (κ1) is 17.3. The highest BCUT2D eigenvalue weighted by molar-refractivity contribution is 5.33. The van der Waals surface area contributed by atoms with Crippen molar-refractivity contribution in [3.05, 3.63) is 60.2 Å². The lowest BCUT2D eigenvalue weighted by Crippen LogP contribution is -2.47. The SMILES string of the molecule is CCOc1ccc(C(C)(Oc2ccccc2)C(CN)OC)cc1. The van der Waals surface area contributed by atoms with Gasteiger partial charge in [0.25, 0.3) is 0 Å². The summed E-state index contributed by atoms with van der Waals surface area (Å²) >= 11 is 0. The number of methoxy groups -OCH3 is 1. The van der Waals surface area contributed by atoms with Gasteiger partial charge in [0.2, 0.25) is 0 Å². The lowest BCUT2D eigenvalue weighted by atomic mass is 9.89. The van der Waals surface area contributed by atoms with Crippen LogP contribution in [0.2, 0.25) is 0 Å². The first-order chi connectivity index (χ1) is 11.1. The van der Waals surface area contributed by atoms with E-state index >= 15 is 0 Å². The number of hydrogen-bond acceptors (Lipinski definition) is 4. The lowest BCUT2D eigenvalue weighted by Gasteiger charge is -2.37. The molecule has 2 rings (SSSR count). The van der Waals surface area contributed by atoms with Crippen LogP contribution in [0.15, 0.2) is 54.6 Å². The summed E-state index contributed by atoms with van der Waals surface area (Å²) < 4.78 is 17.4. The fourth-order valence-electron chi connectivity index (χ4n) is 2.64. The molecule has 0 aromatic heterocycles. The molecule has 0 aliphatic rings. The second-order valence-electron chi connectivity index (χ2n) is 5.44. The predicted molar refractivity (Wildman–Crippen MR) is 91.9 cm³/mol. The summed E-state index contributed by atoms with van der Waals surface area (Å²) in [5, 5.41) is 0. The van der Waals surface area contributed by atoms with Crippen molar-refractivity contribution in [1.29, 1.82) is 0 Å². The van der Waals surface area contributed by atoms with Crippen LogP contribution >= 0.6 is 0 Å². The Labute approximate surface area is 138 Å². The van der Waals surface area contributed by atoms with Gasteiger partial charge in [0.1, 0.15) is 17.6 Å². The van der Waals surface area contributed by atoms with Gasteiger partial charge in [-0.1, -0.05) is 30.3 Å². The minimum atomic E-state index is -0.699. The molecule has 0 bridgehead atoms. The molecule has 2 unspecified atom stereocenters. The van der Waals surface area contributed by atoms with E-state index in [4.69, 9.17) is 19.9 Å². The summed E-state index contributed by atoms with van der Waals surface area (Å²) in [7, 11) is 1.65. The van der Waals surface area contributed by atoms with Crippen LogP contribution in [-0.4, -0.2) is 26.4 Å². The molecule has 124 valence electrons. The largest absolute Gasteiger partial charge is 0.494 e. The zero-order valence-electron chi connectivity index (χ0n) is 14.0. The summed E-state index contributed by atoms with van der Waals surface area (Å²) in [6.07, 6.45) is -0.277. The van der Waals surface area contributed by atoms with Gasteiger partial charge >= 0.3 is 0 Å². The summed E-state index contributed by atoms with van der Waals surface area (Å²) in [6, 6.07) is 17.6. The Hall–Kier alpha value is -2.04. The second-order valence-corrected chi connectivity index (χ2v) is 5.44. The van der Waals surface area contributed by atoms with Crippen LogP contribution in [0.3, 0.4) is 0 Å². The molecule has 0 amide bonds. The third kappa shape index (κ3) is 4.03. The van der Waals surface area contributed by atoms with Crippen LogP contribution < -0.4 is 15.2 Å². The second kappa shape index (κ2) is 7.99. The van der Waals surface area contributed by atoms with Crippen LogP contribution in [0, 0.1) is 0 Å². The monoisotopic (exact) mass is 315 g/mol. The molecule has 0 aliphatic heterocycles. The van der Waals surface area contributed by atoms with Crippen LogP contribution in [-0.2, 0) is 10.3 Å².